The smallest absolute Gasteiger partial charge is 0.358 e. The van der Waals surface area contributed by atoms with Gasteiger partial charge in [0.05, 0.1) is 18.5 Å². The predicted octanol–water partition coefficient (Wildman–Crippen LogP) is 2.41. The van der Waals surface area contributed by atoms with Gasteiger partial charge in [-0.25, -0.2) is 9.78 Å². The summed E-state index contributed by atoms with van der Waals surface area (Å²) in [6.45, 7) is 0. The van der Waals surface area contributed by atoms with E-state index >= 15 is 0 Å². The van der Waals surface area contributed by atoms with Gasteiger partial charge in [0, 0.05) is 5.02 Å². The van der Waals surface area contributed by atoms with Crippen LogP contribution in [0.15, 0.2) is 24.5 Å². The van der Waals surface area contributed by atoms with Crippen LogP contribution < -0.4 is 0 Å². The van der Waals surface area contributed by atoms with Crippen LogP contribution in [-0.2, 0) is 17.6 Å². The van der Waals surface area contributed by atoms with Gasteiger partial charge >= 0.3 is 5.97 Å². The molecule has 0 fully saturated rings. The molecule has 2 heterocycles. The number of carbonyl (C=O) groups is 1. The Kier molecular flexibility index (Phi) is 2.59. The van der Waals surface area contributed by atoms with Crippen molar-refractivity contribution < 1.29 is 9.53 Å². The lowest BCUT2D eigenvalue weighted by molar-refractivity contribution is 0.0593. The van der Waals surface area contributed by atoms with E-state index in [0.29, 0.717) is 5.69 Å². The van der Waals surface area contributed by atoms with E-state index in [4.69, 9.17) is 16.3 Å². The number of benzene rings is 1. The highest BCUT2D eigenvalue weighted by molar-refractivity contribution is 6.31. The number of halogens is 1. The normalized spacial score (nSPS) is 12.8. The van der Waals surface area contributed by atoms with Gasteiger partial charge in [0.2, 0.25) is 0 Å². The Hall–Kier alpha value is -1.81. The molecule has 0 radical (unpaired) electrons. The molecule has 1 aliphatic rings. The zero-order valence-corrected chi connectivity index (χ0v) is 10.6. The number of aromatic nitrogens is 2. The van der Waals surface area contributed by atoms with Crippen molar-refractivity contribution in [2.24, 2.45) is 0 Å². The second-order valence-corrected chi connectivity index (χ2v) is 4.55. The number of ether oxygens (including phenoxy) is 1. The highest BCUT2D eigenvalue weighted by Crippen LogP contribution is 2.31. The van der Waals surface area contributed by atoms with Gasteiger partial charge in [-0.1, -0.05) is 17.7 Å². The quantitative estimate of drug-likeness (QED) is 0.742. The third-order valence-electron chi connectivity index (χ3n) is 3.21. The predicted molar refractivity (Wildman–Crippen MR) is 67.3 cm³/mol. The molecule has 0 bridgehead atoms. The van der Waals surface area contributed by atoms with E-state index in [1.807, 2.05) is 22.8 Å². The van der Waals surface area contributed by atoms with E-state index in [9.17, 15) is 4.79 Å². The van der Waals surface area contributed by atoms with Crippen molar-refractivity contribution in [3.05, 3.63) is 46.5 Å². The highest BCUT2D eigenvalue weighted by atomic mass is 35.5. The first kappa shape index (κ1) is 11.3. The Morgan fingerprint density at radius 3 is 3.06 bits per heavy atom. The number of hydrogen-bond donors (Lipinski definition) is 0. The minimum atomic E-state index is -0.394. The summed E-state index contributed by atoms with van der Waals surface area (Å²) in [4.78, 5) is 15.7. The Bertz CT molecular complexity index is 634. The summed E-state index contributed by atoms with van der Waals surface area (Å²) < 4.78 is 6.65. The topological polar surface area (TPSA) is 44.1 Å². The van der Waals surface area contributed by atoms with Crippen LogP contribution in [0.2, 0.25) is 5.02 Å². The summed E-state index contributed by atoms with van der Waals surface area (Å²) in [5.41, 5.74) is 3.37. The molecule has 5 heteroatoms. The second-order valence-electron chi connectivity index (χ2n) is 4.14. The zero-order chi connectivity index (χ0) is 12.7. The second kappa shape index (κ2) is 4.14. The van der Waals surface area contributed by atoms with Gasteiger partial charge in [0.25, 0.3) is 0 Å². The van der Waals surface area contributed by atoms with E-state index in [-0.39, 0.29) is 0 Å². The molecular weight excluding hydrogens is 252 g/mol. The summed E-state index contributed by atoms with van der Waals surface area (Å²) in [6, 6.07) is 5.75. The first-order chi connectivity index (χ1) is 8.72. The first-order valence-electron chi connectivity index (χ1n) is 5.64. The van der Waals surface area contributed by atoms with Gasteiger partial charge in [-0.3, -0.25) is 0 Å². The summed E-state index contributed by atoms with van der Waals surface area (Å²) in [5, 5.41) is 0.756. The van der Waals surface area contributed by atoms with E-state index in [1.165, 1.54) is 7.11 Å². The van der Waals surface area contributed by atoms with Crippen LogP contribution in [0.4, 0.5) is 0 Å². The van der Waals surface area contributed by atoms with Crippen molar-refractivity contribution in [3.63, 3.8) is 0 Å². The standard InChI is InChI=1S/C13H11ClN2O2/c1-18-13(17)12-11-6-5-8-9(14)3-2-4-10(8)16(11)7-15-12/h2-4,7H,5-6H2,1H3. The third-order valence-corrected chi connectivity index (χ3v) is 3.56. The molecule has 0 amide bonds. The number of methoxy groups -OCH3 is 1. The van der Waals surface area contributed by atoms with Crippen molar-refractivity contribution in [2.45, 2.75) is 12.8 Å². The largest absolute Gasteiger partial charge is 0.464 e. The van der Waals surface area contributed by atoms with Crippen LogP contribution in [-0.4, -0.2) is 22.6 Å². The Balaban J connectivity index is 2.18. The molecule has 0 spiro atoms. The Labute approximate surface area is 109 Å². The van der Waals surface area contributed by atoms with Gasteiger partial charge in [-0.15, -0.1) is 0 Å². The van der Waals surface area contributed by atoms with Crippen molar-refractivity contribution in [3.8, 4) is 5.69 Å². The Morgan fingerprint density at radius 1 is 1.44 bits per heavy atom. The lowest BCUT2D eigenvalue weighted by atomic mass is 10.0. The van der Waals surface area contributed by atoms with Crippen molar-refractivity contribution in [1.82, 2.24) is 9.55 Å². The SMILES string of the molecule is COC(=O)c1ncn2c1CCc1c(Cl)cccc1-2. The average Bonchev–Trinajstić information content (AvgIpc) is 2.82. The van der Waals surface area contributed by atoms with E-state index in [2.05, 4.69) is 4.98 Å². The summed E-state index contributed by atoms with van der Waals surface area (Å²) in [7, 11) is 1.36. The Morgan fingerprint density at radius 2 is 2.28 bits per heavy atom. The summed E-state index contributed by atoms with van der Waals surface area (Å²) >= 11 is 6.18. The maximum Gasteiger partial charge on any atom is 0.358 e. The maximum atomic E-state index is 11.6. The van der Waals surface area contributed by atoms with E-state index in [1.54, 1.807) is 6.33 Å². The van der Waals surface area contributed by atoms with Gasteiger partial charge in [0.1, 0.15) is 6.33 Å². The molecule has 0 N–H and O–H groups in total. The fraction of sp³-hybridized carbons (Fsp3) is 0.231. The molecule has 0 unspecified atom stereocenters. The van der Waals surface area contributed by atoms with Gasteiger partial charge in [-0.2, -0.15) is 0 Å². The number of carbonyl (C=O) groups excluding carboxylic acids is 1. The molecular formula is C13H11ClN2O2. The number of nitrogens with zero attached hydrogens (tertiary/aromatic N) is 2. The van der Waals surface area contributed by atoms with Crippen LogP contribution in [0.3, 0.4) is 0 Å². The van der Waals surface area contributed by atoms with Crippen LogP contribution in [0.5, 0.6) is 0 Å². The number of hydrogen-bond acceptors (Lipinski definition) is 3. The van der Waals surface area contributed by atoms with E-state index < -0.39 is 5.97 Å². The summed E-state index contributed by atoms with van der Waals surface area (Å²) in [5.74, 6) is -0.394. The number of esters is 1. The van der Waals surface area contributed by atoms with Crippen LogP contribution in [0.25, 0.3) is 5.69 Å². The molecule has 0 saturated carbocycles. The number of rotatable bonds is 1. The summed E-state index contributed by atoms with van der Waals surface area (Å²) in [6.07, 6.45) is 3.20. The van der Waals surface area contributed by atoms with Crippen molar-refractivity contribution >= 4 is 17.6 Å². The molecule has 92 valence electrons. The van der Waals surface area contributed by atoms with E-state index in [0.717, 1.165) is 34.8 Å². The highest BCUT2D eigenvalue weighted by Gasteiger charge is 2.24. The molecule has 3 rings (SSSR count). The average molecular weight is 263 g/mol. The molecule has 0 saturated heterocycles. The molecule has 1 aromatic carbocycles. The molecule has 0 aliphatic carbocycles. The fourth-order valence-corrected chi connectivity index (χ4v) is 2.62. The maximum absolute atomic E-state index is 11.6. The fourth-order valence-electron chi connectivity index (χ4n) is 2.35. The van der Waals surface area contributed by atoms with Gasteiger partial charge in [0.15, 0.2) is 5.69 Å². The first-order valence-corrected chi connectivity index (χ1v) is 6.02. The molecule has 4 nitrogen and oxygen atoms in total. The van der Waals surface area contributed by atoms with Gasteiger partial charge < -0.3 is 9.30 Å². The molecule has 0 atom stereocenters. The monoisotopic (exact) mass is 262 g/mol. The van der Waals surface area contributed by atoms with Gasteiger partial charge in [-0.05, 0) is 30.5 Å². The van der Waals surface area contributed by atoms with Crippen LogP contribution >= 0.6 is 11.6 Å². The molecule has 2 aromatic rings. The number of fused-ring (bicyclic) bond motifs is 3. The van der Waals surface area contributed by atoms with Crippen molar-refractivity contribution in [1.29, 1.82) is 0 Å². The third kappa shape index (κ3) is 1.53. The van der Waals surface area contributed by atoms with Crippen LogP contribution in [0.1, 0.15) is 21.7 Å². The minimum absolute atomic E-state index is 0.392. The molecule has 1 aliphatic heterocycles. The zero-order valence-electron chi connectivity index (χ0n) is 9.81. The lowest BCUT2D eigenvalue weighted by Crippen LogP contribution is -2.15. The molecule has 1 aromatic heterocycles. The number of imidazole rings is 1. The molecule has 18 heavy (non-hydrogen) atoms. The lowest BCUT2D eigenvalue weighted by Gasteiger charge is -2.20. The minimum Gasteiger partial charge on any atom is -0.464 e. The van der Waals surface area contributed by atoms with Crippen molar-refractivity contribution in [2.75, 3.05) is 7.11 Å². The van der Waals surface area contributed by atoms with Crippen LogP contribution in [0, 0.1) is 0 Å².